The second-order valence-corrected chi connectivity index (χ2v) is 10.3. The molecular weight excluding hydrogens is 430 g/mol. The van der Waals surface area contributed by atoms with E-state index in [1.54, 1.807) is 0 Å². The second-order valence-electron chi connectivity index (χ2n) is 10.3. The summed E-state index contributed by atoms with van der Waals surface area (Å²) in [6.45, 7) is 3.45. The van der Waals surface area contributed by atoms with Gasteiger partial charge in [-0.15, -0.1) is 0 Å². The molecule has 2 heterocycles. The maximum atomic E-state index is 13.5. The van der Waals surface area contributed by atoms with E-state index in [0.29, 0.717) is 12.5 Å². The zero-order chi connectivity index (χ0) is 23.8. The largest absolute Gasteiger partial charge is 0.342 e. The molecule has 3 aromatic carbocycles. The van der Waals surface area contributed by atoms with E-state index in [9.17, 15) is 4.79 Å². The first-order chi connectivity index (χ1) is 17.1. The fourth-order valence-corrected chi connectivity index (χ4v) is 5.95. The van der Waals surface area contributed by atoms with Crippen molar-refractivity contribution < 1.29 is 4.79 Å². The van der Waals surface area contributed by atoms with E-state index in [4.69, 9.17) is 0 Å². The van der Waals surface area contributed by atoms with Gasteiger partial charge in [-0.1, -0.05) is 49.6 Å². The lowest BCUT2D eigenvalue weighted by Gasteiger charge is -2.23. The Kier molecular flexibility index (Phi) is 5.89. The number of hydrogen-bond donors (Lipinski definition) is 1. The number of aromatic amines is 1. The Bertz CT molecular complexity index is 1360. The van der Waals surface area contributed by atoms with Crippen molar-refractivity contribution in [3.8, 4) is 11.1 Å². The van der Waals surface area contributed by atoms with E-state index in [1.807, 2.05) is 11.8 Å². The highest BCUT2D eigenvalue weighted by Gasteiger charge is 2.22. The van der Waals surface area contributed by atoms with Gasteiger partial charge >= 0.3 is 0 Å². The highest BCUT2D eigenvalue weighted by molar-refractivity contribution is 5.94. The normalized spacial score (nSPS) is 16.8. The molecule has 6 rings (SSSR count). The molecule has 0 radical (unpaired) electrons. The number of aryl methyl sites for hydroxylation is 2. The molecule has 1 saturated carbocycles. The topological polar surface area (TPSA) is 49.0 Å². The number of benzene rings is 3. The van der Waals surface area contributed by atoms with Crippen LogP contribution in [-0.2, 0) is 13.0 Å². The van der Waals surface area contributed by atoms with Gasteiger partial charge in [0.15, 0.2) is 0 Å². The molecule has 0 bridgehead atoms. The number of H-pyrrole nitrogens is 1. The molecule has 2 aliphatic rings. The molecule has 4 heteroatoms. The summed E-state index contributed by atoms with van der Waals surface area (Å²) < 4.78 is 0. The van der Waals surface area contributed by atoms with Gasteiger partial charge in [-0.05, 0) is 96.7 Å². The number of aromatic nitrogens is 2. The van der Waals surface area contributed by atoms with Crippen LogP contribution in [0, 0.1) is 6.92 Å². The van der Waals surface area contributed by atoms with Crippen LogP contribution in [0.15, 0.2) is 60.7 Å². The van der Waals surface area contributed by atoms with Gasteiger partial charge in [-0.3, -0.25) is 4.79 Å². The van der Waals surface area contributed by atoms with Crippen molar-refractivity contribution in [1.82, 2.24) is 14.9 Å². The lowest BCUT2D eigenvalue weighted by Crippen LogP contribution is -2.30. The molecule has 1 amide bonds. The van der Waals surface area contributed by atoms with Gasteiger partial charge in [0, 0.05) is 18.7 Å². The van der Waals surface area contributed by atoms with Crippen LogP contribution in [-0.4, -0.2) is 27.3 Å². The molecule has 1 aromatic heterocycles. The van der Waals surface area contributed by atoms with Crippen molar-refractivity contribution in [2.45, 2.75) is 64.3 Å². The summed E-state index contributed by atoms with van der Waals surface area (Å²) in [6.07, 6.45) is 8.60. The molecule has 1 N–H and O–H groups in total. The zero-order valence-electron chi connectivity index (χ0n) is 20.5. The zero-order valence-corrected chi connectivity index (χ0v) is 20.5. The minimum Gasteiger partial charge on any atom is -0.342 e. The first-order valence-electron chi connectivity index (χ1n) is 13.1. The number of nitrogens with one attached hydrogen (secondary N) is 1. The van der Waals surface area contributed by atoms with E-state index in [2.05, 4.69) is 70.6 Å². The van der Waals surface area contributed by atoms with Gasteiger partial charge in [0.1, 0.15) is 5.82 Å². The maximum absolute atomic E-state index is 13.5. The van der Waals surface area contributed by atoms with Crippen LogP contribution in [0.5, 0.6) is 0 Å². The van der Waals surface area contributed by atoms with Crippen molar-refractivity contribution in [2.75, 3.05) is 6.54 Å². The summed E-state index contributed by atoms with van der Waals surface area (Å²) in [6, 6.07) is 21.6. The van der Waals surface area contributed by atoms with Crippen LogP contribution in [0.2, 0.25) is 0 Å². The van der Waals surface area contributed by atoms with E-state index in [-0.39, 0.29) is 5.91 Å². The Balaban J connectivity index is 1.23. The van der Waals surface area contributed by atoms with E-state index >= 15 is 0 Å². The summed E-state index contributed by atoms with van der Waals surface area (Å²) in [7, 11) is 0. The summed E-state index contributed by atoms with van der Waals surface area (Å²) in [5, 5.41) is 0. The summed E-state index contributed by atoms with van der Waals surface area (Å²) >= 11 is 0. The van der Waals surface area contributed by atoms with Gasteiger partial charge < -0.3 is 9.88 Å². The fraction of sp³-hybridized carbons (Fsp3) is 0.355. The van der Waals surface area contributed by atoms with Crippen LogP contribution < -0.4 is 0 Å². The number of hydrogen-bond acceptors (Lipinski definition) is 2. The van der Waals surface area contributed by atoms with E-state index < -0.39 is 0 Å². The number of rotatable bonds is 3. The molecule has 0 spiro atoms. The molecule has 35 heavy (non-hydrogen) atoms. The lowest BCUT2D eigenvalue weighted by atomic mass is 9.84. The van der Waals surface area contributed by atoms with Gasteiger partial charge in [0.2, 0.25) is 0 Å². The molecule has 1 fully saturated rings. The number of imidazole rings is 1. The maximum Gasteiger partial charge on any atom is 0.254 e. The average Bonchev–Trinajstić information content (AvgIpc) is 3.14. The minimum atomic E-state index is 0.146. The molecule has 0 saturated heterocycles. The summed E-state index contributed by atoms with van der Waals surface area (Å²) in [5.74, 6) is 1.74. The Morgan fingerprint density at radius 3 is 2.49 bits per heavy atom. The highest BCUT2D eigenvalue weighted by atomic mass is 16.2. The van der Waals surface area contributed by atoms with Crippen molar-refractivity contribution in [2.24, 2.45) is 0 Å². The molecule has 4 aromatic rings. The predicted octanol–water partition coefficient (Wildman–Crippen LogP) is 7.17. The molecule has 4 nitrogen and oxygen atoms in total. The SMILES string of the molecule is Cc1nc2ccc(-c3ccc4c(c3)CN(C(=O)c3ccc(C5CCCCC5)cc3)CCC4)cc2[nH]1. The molecule has 178 valence electrons. The first-order valence-corrected chi connectivity index (χ1v) is 13.1. The minimum absolute atomic E-state index is 0.146. The number of fused-ring (bicyclic) bond motifs is 2. The van der Waals surface area contributed by atoms with Crippen molar-refractivity contribution in [3.63, 3.8) is 0 Å². The van der Waals surface area contributed by atoms with Gasteiger partial charge in [-0.25, -0.2) is 4.98 Å². The van der Waals surface area contributed by atoms with Crippen LogP contribution in [0.3, 0.4) is 0 Å². The number of amides is 1. The van der Waals surface area contributed by atoms with Crippen LogP contribution in [0.4, 0.5) is 0 Å². The quantitative estimate of drug-likeness (QED) is 0.350. The summed E-state index contributed by atoms with van der Waals surface area (Å²) in [5.41, 5.74) is 9.23. The predicted molar refractivity (Wildman–Crippen MR) is 142 cm³/mol. The standard InChI is InChI=1S/C31H33N3O/c1-21-32-29-16-15-27(19-30(29)33-21)26-14-11-23-8-5-17-34(20-28(23)18-26)31(35)25-12-9-24(10-13-25)22-6-3-2-4-7-22/h9-16,18-19,22H,2-8,17,20H2,1H3,(H,32,33). The van der Waals surface area contributed by atoms with Gasteiger partial charge in [-0.2, -0.15) is 0 Å². The summed E-state index contributed by atoms with van der Waals surface area (Å²) in [4.78, 5) is 23.4. The van der Waals surface area contributed by atoms with Crippen LogP contribution >= 0.6 is 0 Å². The van der Waals surface area contributed by atoms with Crippen LogP contribution in [0.25, 0.3) is 22.2 Å². The number of carbonyl (C=O) groups is 1. The third-order valence-electron chi connectivity index (χ3n) is 7.90. The Hall–Kier alpha value is -3.40. The Morgan fingerprint density at radius 1 is 0.886 bits per heavy atom. The smallest absolute Gasteiger partial charge is 0.254 e. The third kappa shape index (κ3) is 4.50. The molecule has 1 aliphatic carbocycles. The number of nitrogens with zero attached hydrogens (tertiary/aromatic N) is 2. The fourth-order valence-electron chi connectivity index (χ4n) is 5.95. The van der Waals surface area contributed by atoms with Crippen molar-refractivity contribution in [1.29, 1.82) is 0 Å². The highest BCUT2D eigenvalue weighted by Crippen LogP contribution is 2.33. The molecule has 0 unspecified atom stereocenters. The van der Waals surface area contributed by atoms with Crippen molar-refractivity contribution in [3.05, 3.63) is 88.7 Å². The Labute approximate surface area is 207 Å². The second kappa shape index (κ2) is 9.33. The monoisotopic (exact) mass is 463 g/mol. The van der Waals surface area contributed by atoms with Crippen molar-refractivity contribution >= 4 is 16.9 Å². The molecular formula is C31H33N3O. The van der Waals surface area contributed by atoms with Crippen LogP contribution in [0.1, 0.15) is 77.3 Å². The van der Waals surface area contributed by atoms with E-state index in [1.165, 1.54) is 59.9 Å². The van der Waals surface area contributed by atoms with Gasteiger partial charge in [0.25, 0.3) is 5.91 Å². The average molecular weight is 464 g/mol. The molecule has 0 atom stereocenters. The number of carbonyl (C=O) groups excluding carboxylic acids is 1. The first kappa shape index (κ1) is 22.1. The third-order valence-corrected chi connectivity index (χ3v) is 7.90. The lowest BCUT2D eigenvalue weighted by molar-refractivity contribution is 0.0746. The van der Waals surface area contributed by atoms with Gasteiger partial charge in [0.05, 0.1) is 11.0 Å². The molecule has 1 aliphatic heterocycles. The Morgan fingerprint density at radius 2 is 1.66 bits per heavy atom. The van der Waals surface area contributed by atoms with E-state index in [0.717, 1.165) is 41.8 Å².